The van der Waals surface area contributed by atoms with Gasteiger partial charge in [-0.25, -0.2) is 4.99 Å². The molecule has 0 bridgehead atoms. The summed E-state index contributed by atoms with van der Waals surface area (Å²) in [5.74, 6) is 0.336. The van der Waals surface area contributed by atoms with Crippen LogP contribution in [0.3, 0.4) is 0 Å². The van der Waals surface area contributed by atoms with Gasteiger partial charge in [-0.3, -0.25) is 4.79 Å². The fraction of sp³-hybridized carbons (Fsp3) is 0.267. The SMILES string of the molecule is CC1=Nc2nc(N[C@H](CC#N)c3cccc(Cl)c3)nn2C(=O)C1. The zero-order valence-corrected chi connectivity index (χ0v) is 13.1. The van der Waals surface area contributed by atoms with Gasteiger partial charge in [0.05, 0.1) is 25.0 Å². The normalized spacial score (nSPS) is 14.7. The number of fused-ring (bicyclic) bond motifs is 1. The molecule has 1 aromatic heterocycles. The van der Waals surface area contributed by atoms with Gasteiger partial charge in [-0.1, -0.05) is 23.7 Å². The van der Waals surface area contributed by atoms with Crippen molar-refractivity contribution in [3.63, 3.8) is 0 Å². The Morgan fingerprint density at radius 1 is 1.52 bits per heavy atom. The number of aliphatic imine (C=N–C) groups is 1. The minimum absolute atomic E-state index is 0.173. The Bertz CT molecular complexity index is 835. The minimum atomic E-state index is -0.330. The number of rotatable bonds is 4. The summed E-state index contributed by atoms with van der Waals surface area (Å²) < 4.78 is 1.18. The van der Waals surface area contributed by atoms with Gasteiger partial charge < -0.3 is 5.32 Å². The summed E-state index contributed by atoms with van der Waals surface area (Å²) in [6.07, 6.45) is 0.437. The summed E-state index contributed by atoms with van der Waals surface area (Å²) in [6, 6.07) is 9.01. The number of nitrogens with one attached hydrogen (secondary N) is 1. The Morgan fingerprint density at radius 3 is 3.09 bits per heavy atom. The first-order valence-electron chi connectivity index (χ1n) is 7.00. The lowest BCUT2D eigenvalue weighted by atomic mass is 10.0. The lowest BCUT2D eigenvalue weighted by molar-refractivity contribution is 0.0906. The van der Waals surface area contributed by atoms with E-state index in [0.29, 0.717) is 10.7 Å². The monoisotopic (exact) mass is 328 g/mol. The molecule has 1 aliphatic heterocycles. The maximum absolute atomic E-state index is 11.9. The summed E-state index contributed by atoms with van der Waals surface area (Å²) in [5.41, 5.74) is 1.54. The molecule has 3 rings (SSSR count). The third kappa shape index (κ3) is 3.22. The lowest BCUT2D eigenvalue weighted by Gasteiger charge is -2.15. The Labute approximate surface area is 137 Å². The van der Waals surface area contributed by atoms with E-state index >= 15 is 0 Å². The molecule has 0 unspecified atom stereocenters. The van der Waals surface area contributed by atoms with Crippen molar-refractivity contribution in [1.82, 2.24) is 14.8 Å². The molecule has 8 heteroatoms. The van der Waals surface area contributed by atoms with E-state index < -0.39 is 0 Å². The zero-order chi connectivity index (χ0) is 16.4. The Balaban J connectivity index is 1.89. The van der Waals surface area contributed by atoms with Gasteiger partial charge in [0.1, 0.15) is 0 Å². The number of aromatic nitrogens is 3. The molecule has 0 fully saturated rings. The quantitative estimate of drug-likeness (QED) is 0.930. The summed E-state index contributed by atoms with van der Waals surface area (Å²) in [7, 11) is 0. The minimum Gasteiger partial charge on any atom is -0.345 e. The molecule has 1 aromatic carbocycles. The van der Waals surface area contributed by atoms with Crippen molar-refractivity contribution >= 4 is 35.1 Å². The van der Waals surface area contributed by atoms with Gasteiger partial charge in [-0.15, -0.1) is 5.10 Å². The Hall–Kier alpha value is -2.72. The molecule has 0 saturated heterocycles. The Morgan fingerprint density at radius 2 is 2.35 bits per heavy atom. The van der Waals surface area contributed by atoms with Crippen molar-refractivity contribution in [1.29, 1.82) is 5.26 Å². The summed E-state index contributed by atoms with van der Waals surface area (Å²) in [6.45, 7) is 1.77. The van der Waals surface area contributed by atoms with Gasteiger partial charge in [-0.05, 0) is 24.6 Å². The first-order chi connectivity index (χ1) is 11.1. The van der Waals surface area contributed by atoms with Crippen LogP contribution in [0.2, 0.25) is 5.02 Å². The maximum atomic E-state index is 11.9. The van der Waals surface area contributed by atoms with Crippen LogP contribution in [0.1, 0.15) is 36.2 Å². The van der Waals surface area contributed by atoms with Gasteiger partial charge in [0.25, 0.3) is 11.9 Å². The molecule has 7 nitrogen and oxygen atoms in total. The highest BCUT2D eigenvalue weighted by molar-refractivity contribution is 6.30. The molecule has 1 aliphatic rings. The molecule has 116 valence electrons. The molecular weight excluding hydrogens is 316 g/mol. The van der Waals surface area contributed by atoms with Crippen LogP contribution in [-0.2, 0) is 0 Å². The van der Waals surface area contributed by atoms with Crippen molar-refractivity contribution in [3.05, 3.63) is 34.9 Å². The van der Waals surface area contributed by atoms with Crippen molar-refractivity contribution in [2.75, 3.05) is 5.32 Å². The molecule has 0 radical (unpaired) electrons. The number of carbonyl (C=O) groups excluding carboxylic acids is 1. The molecule has 0 amide bonds. The summed E-state index contributed by atoms with van der Waals surface area (Å²) in [5, 5.41) is 16.8. The van der Waals surface area contributed by atoms with Gasteiger partial charge in [-0.2, -0.15) is 14.9 Å². The molecule has 1 N–H and O–H groups in total. The predicted molar refractivity (Wildman–Crippen MR) is 86.1 cm³/mol. The highest BCUT2D eigenvalue weighted by Gasteiger charge is 2.22. The van der Waals surface area contributed by atoms with Crippen molar-refractivity contribution in [2.24, 2.45) is 4.99 Å². The van der Waals surface area contributed by atoms with Crippen molar-refractivity contribution < 1.29 is 4.79 Å². The molecule has 0 spiro atoms. The highest BCUT2D eigenvalue weighted by Crippen LogP contribution is 2.25. The summed E-state index contributed by atoms with van der Waals surface area (Å²) >= 11 is 6.00. The van der Waals surface area contributed by atoms with Crippen LogP contribution in [0.15, 0.2) is 29.3 Å². The average Bonchev–Trinajstić information content (AvgIpc) is 2.89. The van der Waals surface area contributed by atoms with Crippen LogP contribution in [0.25, 0.3) is 0 Å². The lowest BCUT2D eigenvalue weighted by Crippen LogP contribution is -2.19. The molecule has 2 heterocycles. The number of anilines is 1. The van der Waals surface area contributed by atoms with Gasteiger partial charge in [0, 0.05) is 10.7 Å². The van der Waals surface area contributed by atoms with Crippen LogP contribution in [-0.4, -0.2) is 26.4 Å². The number of carbonyl (C=O) groups is 1. The van der Waals surface area contributed by atoms with E-state index in [1.165, 1.54) is 4.68 Å². The number of nitrogens with zero attached hydrogens (tertiary/aromatic N) is 5. The van der Waals surface area contributed by atoms with Crippen LogP contribution in [0.5, 0.6) is 0 Å². The van der Waals surface area contributed by atoms with E-state index in [-0.39, 0.29) is 36.7 Å². The maximum Gasteiger partial charge on any atom is 0.257 e. The first-order valence-corrected chi connectivity index (χ1v) is 7.38. The zero-order valence-electron chi connectivity index (χ0n) is 12.3. The predicted octanol–water partition coefficient (Wildman–Crippen LogP) is 3.13. The van der Waals surface area contributed by atoms with Crippen molar-refractivity contribution in [2.45, 2.75) is 25.8 Å². The highest BCUT2D eigenvalue weighted by atomic mass is 35.5. The van der Waals surface area contributed by atoms with E-state index in [0.717, 1.165) is 5.56 Å². The number of halogens is 1. The number of hydrogen-bond donors (Lipinski definition) is 1. The van der Waals surface area contributed by atoms with E-state index in [1.807, 2.05) is 12.1 Å². The van der Waals surface area contributed by atoms with Crippen LogP contribution >= 0.6 is 11.6 Å². The fourth-order valence-electron chi connectivity index (χ4n) is 2.33. The second-order valence-electron chi connectivity index (χ2n) is 5.18. The Kier molecular flexibility index (Phi) is 4.08. The molecular formula is C15H13ClN6O. The average molecular weight is 329 g/mol. The molecule has 23 heavy (non-hydrogen) atoms. The number of nitriles is 1. The molecule has 1 atom stereocenters. The topological polar surface area (TPSA) is 96.0 Å². The van der Waals surface area contributed by atoms with Crippen LogP contribution < -0.4 is 5.32 Å². The van der Waals surface area contributed by atoms with Crippen LogP contribution in [0, 0.1) is 11.3 Å². The molecule has 0 aliphatic carbocycles. The van der Waals surface area contributed by atoms with Crippen molar-refractivity contribution in [3.8, 4) is 6.07 Å². The second kappa shape index (κ2) is 6.18. The fourth-order valence-corrected chi connectivity index (χ4v) is 2.53. The number of hydrogen-bond acceptors (Lipinski definition) is 6. The number of benzene rings is 1. The van der Waals surface area contributed by atoms with Gasteiger partial charge >= 0.3 is 0 Å². The van der Waals surface area contributed by atoms with Gasteiger partial charge in [0.15, 0.2) is 0 Å². The molecule has 0 saturated carbocycles. The third-order valence-corrected chi connectivity index (χ3v) is 3.61. The second-order valence-corrected chi connectivity index (χ2v) is 5.62. The van der Waals surface area contributed by atoms with Gasteiger partial charge in [0.2, 0.25) is 5.95 Å². The smallest absolute Gasteiger partial charge is 0.257 e. The third-order valence-electron chi connectivity index (χ3n) is 3.37. The van der Waals surface area contributed by atoms with Crippen LogP contribution in [0.4, 0.5) is 11.9 Å². The van der Waals surface area contributed by atoms with E-state index in [1.54, 1.807) is 19.1 Å². The van der Waals surface area contributed by atoms with E-state index in [4.69, 9.17) is 16.9 Å². The van der Waals surface area contributed by atoms with E-state index in [9.17, 15) is 4.79 Å². The summed E-state index contributed by atoms with van der Waals surface area (Å²) in [4.78, 5) is 20.3. The largest absolute Gasteiger partial charge is 0.345 e. The van der Waals surface area contributed by atoms with E-state index in [2.05, 4.69) is 26.5 Å². The first kappa shape index (κ1) is 15.2. The molecule has 2 aromatic rings. The standard InChI is InChI=1S/C15H13ClN6O/c1-9-7-13(23)22-15(18-9)20-14(21-22)19-12(5-6-17)10-3-2-4-11(16)8-10/h2-4,8,12H,5,7H2,1H3,(H,19,21)/t12-/m1/s1.